The van der Waals surface area contributed by atoms with E-state index in [9.17, 15) is 5.26 Å². The molecule has 4 heteroatoms. The first-order valence-corrected chi connectivity index (χ1v) is 6.74. The molecule has 2 rings (SSSR count). The second-order valence-corrected chi connectivity index (χ2v) is 4.84. The van der Waals surface area contributed by atoms with Crippen LogP contribution in [-0.2, 0) is 12.8 Å². The van der Waals surface area contributed by atoms with Gasteiger partial charge in [-0.05, 0) is 37.7 Å². The summed E-state index contributed by atoms with van der Waals surface area (Å²) >= 11 is 0. The van der Waals surface area contributed by atoms with Crippen LogP contribution in [0.5, 0.6) is 0 Å². The second-order valence-electron chi connectivity index (χ2n) is 4.84. The topological polar surface area (TPSA) is 52.8 Å². The van der Waals surface area contributed by atoms with E-state index in [0.29, 0.717) is 6.04 Å². The Morgan fingerprint density at radius 3 is 2.44 bits per heavy atom. The van der Waals surface area contributed by atoms with E-state index in [2.05, 4.69) is 35.0 Å². The molecular formula is C14H20N4. The number of anilines is 1. The molecule has 4 nitrogen and oxygen atoms in total. The summed E-state index contributed by atoms with van der Waals surface area (Å²) in [7, 11) is 2.03. The van der Waals surface area contributed by atoms with Gasteiger partial charge in [0, 0.05) is 13.1 Å². The summed E-state index contributed by atoms with van der Waals surface area (Å²) in [6, 6.07) is 2.86. The summed E-state index contributed by atoms with van der Waals surface area (Å²) in [5.41, 5.74) is 2.75. The van der Waals surface area contributed by atoms with Crippen molar-refractivity contribution in [2.24, 2.45) is 0 Å². The molecule has 1 aliphatic rings. The molecule has 1 aromatic rings. The fourth-order valence-electron chi connectivity index (χ4n) is 2.47. The maximum Gasteiger partial charge on any atom is 0.169 e. The number of nitrogens with zero attached hydrogens (tertiary/aromatic N) is 4. The van der Waals surface area contributed by atoms with Crippen LogP contribution in [0.1, 0.15) is 49.9 Å². The van der Waals surface area contributed by atoms with Crippen molar-refractivity contribution in [3.05, 3.63) is 16.8 Å². The Balaban J connectivity index is 2.44. The highest BCUT2D eigenvalue weighted by molar-refractivity contribution is 5.58. The van der Waals surface area contributed by atoms with Crippen LogP contribution in [0.25, 0.3) is 0 Å². The maximum absolute atomic E-state index is 9.43. The molecule has 0 saturated heterocycles. The zero-order valence-electron chi connectivity index (χ0n) is 11.4. The predicted octanol–water partition coefficient (Wildman–Crippen LogP) is 2.46. The molecular weight excluding hydrogens is 224 g/mol. The Morgan fingerprint density at radius 1 is 1.28 bits per heavy atom. The van der Waals surface area contributed by atoms with Crippen LogP contribution in [0.15, 0.2) is 0 Å². The van der Waals surface area contributed by atoms with Crippen LogP contribution in [0.2, 0.25) is 0 Å². The minimum absolute atomic E-state index is 0.531. The van der Waals surface area contributed by atoms with Gasteiger partial charge >= 0.3 is 0 Å². The van der Waals surface area contributed by atoms with Crippen LogP contribution in [-0.4, -0.2) is 23.3 Å². The minimum Gasteiger partial charge on any atom is -0.354 e. The molecule has 1 aromatic heterocycles. The molecule has 0 amide bonds. The number of rotatable bonds is 4. The van der Waals surface area contributed by atoms with Crippen molar-refractivity contribution in [3.63, 3.8) is 0 Å². The Kier molecular flexibility index (Phi) is 3.81. The monoisotopic (exact) mass is 244 g/mol. The van der Waals surface area contributed by atoms with E-state index in [1.165, 1.54) is 19.3 Å². The van der Waals surface area contributed by atoms with E-state index in [4.69, 9.17) is 0 Å². The van der Waals surface area contributed by atoms with Gasteiger partial charge in [-0.2, -0.15) is 10.4 Å². The largest absolute Gasteiger partial charge is 0.354 e. The average Bonchev–Trinajstić information content (AvgIpc) is 2.34. The number of hydrogen-bond acceptors (Lipinski definition) is 4. The normalized spacial score (nSPS) is 15.0. The third kappa shape index (κ3) is 2.05. The summed E-state index contributed by atoms with van der Waals surface area (Å²) in [5, 5.41) is 18.0. The second kappa shape index (κ2) is 5.34. The molecule has 0 atom stereocenters. The Labute approximate surface area is 109 Å². The lowest BCUT2D eigenvalue weighted by molar-refractivity contribution is 0.398. The molecule has 18 heavy (non-hydrogen) atoms. The van der Waals surface area contributed by atoms with Crippen molar-refractivity contribution in [2.45, 2.75) is 52.0 Å². The molecule has 0 aliphatic heterocycles. The van der Waals surface area contributed by atoms with E-state index < -0.39 is 0 Å². The van der Waals surface area contributed by atoms with E-state index in [1.54, 1.807) is 0 Å². The van der Waals surface area contributed by atoms with Crippen LogP contribution >= 0.6 is 0 Å². The van der Waals surface area contributed by atoms with Gasteiger partial charge in [0.2, 0.25) is 0 Å². The first-order valence-electron chi connectivity index (χ1n) is 6.74. The minimum atomic E-state index is 0.531. The fourth-order valence-corrected chi connectivity index (χ4v) is 2.47. The molecule has 1 fully saturated rings. The summed E-state index contributed by atoms with van der Waals surface area (Å²) in [5.74, 6) is 0.760. The molecule has 0 N–H and O–H groups in total. The Bertz CT molecular complexity index is 471. The van der Waals surface area contributed by atoms with E-state index in [1.807, 2.05) is 7.05 Å². The van der Waals surface area contributed by atoms with E-state index in [0.717, 1.165) is 35.5 Å². The number of nitriles is 1. The first-order chi connectivity index (χ1) is 8.72. The highest BCUT2D eigenvalue weighted by Gasteiger charge is 2.26. The van der Waals surface area contributed by atoms with Gasteiger partial charge in [-0.15, -0.1) is 5.10 Å². The van der Waals surface area contributed by atoms with Gasteiger partial charge < -0.3 is 4.90 Å². The van der Waals surface area contributed by atoms with Crippen LogP contribution in [0.3, 0.4) is 0 Å². The summed E-state index contributed by atoms with van der Waals surface area (Å²) in [4.78, 5) is 2.13. The van der Waals surface area contributed by atoms with Gasteiger partial charge in [0.15, 0.2) is 5.82 Å². The number of aryl methyl sites for hydroxylation is 1. The Hall–Kier alpha value is -1.63. The average molecular weight is 244 g/mol. The lowest BCUT2D eigenvalue weighted by Crippen LogP contribution is -2.38. The van der Waals surface area contributed by atoms with Crippen molar-refractivity contribution in [2.75, 3.05) is 11.9 Å². The summed E-state index contributed by atoms with van der Waals surface area (Å²) < 4.78 is 0. The third-order valence-electron chi connectivity index (χ3n) is 3.90. The van der Waals surface area contributed by atoms with Gasteiger partial charge in [0.1, 0.15) is 11.6 Å². The van der Waals surface area contributed by atoms with Gasteiger partial charge in [-0.25, -0.2) is 0 Å². The molecule has 0 bridgehead atoms. The summed E-state index contributed by atoms with van der Waals surface area (Å²) in [6.07, 6.45) is 5.34. The van der Waals surface area contributed by atoms with Gasteiger partial charge in [0.25, 0.3) is 0 Å². The lowest BCUT2D eigenvalue weighted by atomic mass is 9.91. The van der Waals surface area contributed by atoms with Crippen molar-refractivity contribution >= 4 is 5.82 Å². The Morgan fingerprint density at radius 2 is 2.00 bits per heavy atom. The molecule has 0 unspecified atom stereocenters. The lowest BCUT2D eigenvalue weighted by Gasteiger charge is -2.35. The molecule has 0 radical (unpaired) electrons. The highest BCUT2D eigenvalue weighted by atomic mass is 15.3. The zero-order chi connectivity index (χ0) is 13.1. The zero-order valence-corrected chi connectivity index (χ0v) is 11.4. The van der Waals surface area contributed by atoms with Gasteiger partial charge in [0.05, 0.1) is 5.69 Å². The van der Waals surface area contributed by atoms with Crippen molar-refractivity contribution < 1.29 is 0 Å². The van der Waals surface area contributed by atoms with Crippen LogP contribution in [0, 0.1) is 11.3 Å². The fraction of sp³-hybridized carbons (Fsp3) is 0.643. The van der Waals surface area contributed by atoms with Crippen LogP contribution < -0.4 is 4.90 Å². The smallest absolute Gasteiger partial charge is 0.169 e. The quantitative estimate of drug-likeness (QED) is 0.816. The van der Waals surface area contributed by atoms with Crippen molar-refractivity contribution in [3.8, 4) is 6.07 Å². The molecule has 1 heterocycles. The number of hydrogen-bond donors (Lipinski definition) is 0. The van der Waals surface area contributed by atoms with Gasteiger partial charge in [-0.3, -0.25) is 0 Å². The molecule has 1 saturated carbocycles. The molecule has 96 valence electrons. The van der Waals surface area contributed by atoms with E-state index in [-0.39, 0.29) is 0 Å². The number of aromatic nitrogens is 2. The molecule has 0 spiro atoms. The molecule has 0 aromatic carbocycles. The molecule has 1 aliphatic carbocycles. The van der Waals surface area contributed by atoms with Crippen molar-refractivity contribution in [1.82, 2.24) is 10.2 Å². The maximum atomic E-state index is 9.43. The summed E-state index contributed by atoms with van der Waals surface area (Å²) in [6.45, 7) is 4.13. The highest BCUT2D eigenvalue weighted by Crippen LogP contribution is 2.30. The first kappa shape index (κ1) is 12.8. The van der Waals surface area contributed by atoms with E-state index >= 15 is 0 Å². The third-order valence-corrected chi connectivity index (χ3v) is 3.90. The standard InChI is InChI=1S/C14H20N4/c1-4-11-12(9-15)14(17-16-13(11)5-2)18(3)10-7-6-8-10/h10H,4-8H2,1-3H3. The van der Waals surface area contributed by atoms with Crippen molar-refractivity contribution in [1.29, 1.82) is 5.26 Å². The van der Waals surface area contributed by atoms with Gasteiger partial charge in [-0.1, -0.05) is 13.8 Å². The SMILES string of the molecule is CCc1nnc(N(C)C2CCC2)c(C#N)c1CC. The van der Waals surface area contributed by atoms with Crippen LogP contribution in [0.4, 0.5) is 5.82 Å². The predicted molar refractivity (Wildman–Crippen MR) is 71.5 cm³/mol.